The number of nitrogens with one attached hydrogen (secondary N) is 1. The van der Waals surface area contributed by atoms with Gasteiger partial charge < -0.3 is 5.32 Å². The lowest BCUT2D eigenvalue weighted by molar-refractivity contribution is 0.307. The molecular weight excluding hydrogens is 254 g/mol. The lowest BCUT2D eigenvalue weighted by atomic mass is 9.87. The molecule has 1 fully saturated rings. The van der Waals surface area contributed by atoms with Crippen LogP contribution >= 0.6 is 11.6 Å². The van der Waals surface area contributed by atoms with Gasteiger partial charge in [0.2, 0.25) is 0 Å². The molecule has 2 heteroatoms. The van der Waals surface area contributed by atoms with Crippen molar-refractivity contribution < 1.29 is 0 Å². The number of benzene rings is 1. The van der Waals surface area contributed by atoms with Crippen LogP contribution in [0.4, 0.5) is 0 Å². The fourth-order valence-corrected chi connectivity index (χ4v) is 4.13. The van der Waals surface area contributed by atoms with E-state index < -0.39 is 0 Å². The molecule has 0 spiro atoms. The van der Waals surface area contributed by atoms with Crippen LogP contribution in [0.15, 0.2) is 36.4 Å². The Hall–Kier alpha value is -0.790. The van der Waals surface area contributed by atoms with Crippen molar-refractivity contribution in [2.75, 3.05) is 0 Å². The van der Waals surface area contributed by atoms with Gasteiger partial charge in [-0.05, 0) is 56.1 Å². The van der Waals surface area contributed by atoms with E-state index in [9.17, 15) is 0 Å². The largest absolute Gasteiger partial charge is 0.307 e. The first-order valence-corrected chi connectivity index (χ1v) is 7.71. The molecule has 5 atom stereocenters. The quantitative estimate of drug-likeness (QED) is 0.793. The Balaban J connectivity index is 1.65. The predicted molar refractivity (Wildman–Crippen MR) is 81.3 cm³/mol. The van der Waals surface area contributed by atoms with Gasteiger partial charge in [0.05, 0.1) is 0 Å². The topological polar surface area (TPSA) is 12.0 Å². The molecule has 19 heavy (non-hydrogen) atoms. The van der Waals surface area contributed by atoms with Gasteiger partial charge in [0.15, 0.2) is 0 Å². The average Bonchev–Trinajstić information content (AvgIpc) is 3.01. The molecule has 2 aliphatic rings. The summed E-state index contributed by atoms with van der Waals surface area (Å²) in [6, 6.07) is 9.00. The van der Waals surface area contributed by atoms with Crippen molar-refractivity contribution in [2.45, 2.75) is 38.8 Å². The normalized spacial score (nSPS) is 31.6. The molecule has 0 saturated heterocycles. The second-order valence-electron chi connectivity index (χ2n) is 6.14. The monoisotopic (exact) mass is 275 g/mol. The fraction of sp³-hybridized carbons (Fsp3) is 0.529. The Labute approximate surface area is 121 Å². The first-order valence-electron chi connectivity index (χ1n) is 7.34. The van der Waals surface area contributed by atoms with Crippen LogP contribution in [0.3, 0.4) is 0 Å². The summed E-state index contributed by atoms with van der Waals surface area (Å²) in [5.41, 5.74) is 1.20. The maximum Gasteiger partial charge on any atom is 0.0453 e. The van der Waals surface area contributed by atoms with Gasteiger partial charge in [-0.2, -0.15) is 0 Å². The minimum absolute atomic E-state index is 0.312. The summed E-state index contributed by atoms with van der Waals surface area (Å²) in [5, 5.41) is 4.61. The van der Waals surface area contributed by atoms with Gasteiger partial charge in [-0.15, -0.1) is 0 Å². The summed E-state index contributed by atoms with van der Waals surface area (Å²) in [5.74, 6) is 2.43. The summed E-state index contributed by atoms with van der Waals surface area (Å²) >= 11 is 6.27. The van der Waals surface area contributed by atoms with Crippen molar-refractivity contribution in [3.8, 4) is 0 Å². The van der Waals surface area contributed by atoms with Gasteiger partial charge in [-0.1, -0.05) is 42.0 Å². The van der Waals surface area contributed by atoms with Gasteiger partial charge >= 0.3 is 0 Å². The third-order valence-corrected chi connectivity index (χ3v) is 5.20. The molecule has 1 saturated carbocycles. The minimum atomic E-state index is 0.312. The van der Waals surface area contributed by atoms with Crippen LogP contribution in [0, 0.1) is 17.8 Å². The molecule has 0 radical (unpaired) electrons. The molecule has 1 aromatic rings. The van der Waals surface area contributed by atoms with E-state index in [2.05, 4.69) is 43.4 Å². The van der Waals surface area contributed by atoms with Gasteiger partial charge in [0.25, 0.3) is 0 Å². The highest BCUT2D eigenvalue weighted by atomic mass is 35.5. The first kappa shape index (κ1) is 13.2. The summed E-state index contributed by atoms with van der Waals surface area (Å²) in [4.78, 5) is 0. The maximum absolute atomic E-state index is 6.27. The minimum Gasteiger partial charge on any atom is -0.307 e. The zero-order valence-corrected chi connectivity index (χ0v) is 12.4. The number of rotatable bonds is 4. The lowest BCUT2D eigenvalue weighted by Gasteiger charge is -2.29. The molecule has 0 amide bonds. The molecule has 3 rings (SSSR count). The molecule has 1 aromatic carbocycles. The number of hydrogen-bond donors (Lipinski definition) is 1. The highest BCUT2D eigenvalue weighted by Gasteiger charge is 2.38. The van der Waals surface area contributed by atoms with Crippen LogP contribution in [-0.2, 0) is 0 Å². The van der Waals surface area contributed by atoms with E-state index in [1.54, 1.807) is 0 Å². The lowest BCUT2D eigenvalue weighted by Crippen LogP contribution is -2.37. The van der Waals surface area contributed by atoms with Crippen molar-refractivity contribution in [3.05, 3.63) is 47.0 Å². The molecule has 0 heterocycles. The van der Waals surface area contributed by atoms with Crippen LogP contribution in [0.25, 0.3) is 0 Å². The average molecular weight is 276 g/mol. The highest BCUT2D eigenvalue weighted by Crippen LogP contribution is 2.45. The van der Waals surface area contributed by atoms with Crippen molar-refractivity contribution in [1.82, 2.24) is 5.32 Å². The maximum atomic E-state index is 6.27. The van der Waals surface area contributed by atoms with Crippen molar-refractivity contribution >= 4 is 11.6 Å². The Morgan fingerprint density at radius 1 is 1.16 bits per heavy atom. The Morgan fingerprint density at radius 2 is 1.95 bits per heavy atom. The van der Waals surface area contributed by atoms with E-state index in [4.69, 9.17) is 11.6 Å². The first-order chi connectivity index (χ1) is 9.15. The van der Waals surface area contributed by atoms with Gasteiger partial charge in [0, 0.05) is 17.1 Å². The van der Waals surface area contributed by atoms with Crippen molar-refractivity contribution in [2.24, 2.45) is 17.8 Å². The molecule has 1 nitrogen and oxygen atoms in total. The second kappa shape index (κ2) is 5.30. The number of hydrogen-bond acceptors (Lipinski definition) is 1. The molecule has 2 bridgehead atoms. The van der Waals surface area contributed by atoms with E-state index in [-0.39, 0.29) is 0 Å². The third-order valence-electron chi connectivity index (χ3n) is 4.86. The second-order valence-corrected chi connectivity index (χ2v) is 6.55. The highest BCUT2D eigenvalue weighted by molar-refractivity contribution is 6.31. The van der Waals surface area contributed by atoms with E-state index in [0.717, 1.165) is 22.8 Å². The zero-order valence-electron chi connectivity index (χ0n) is 11.6. The molecule has 102 valence electrons. The van der Waals surface area contributed by atoms with Crippen molar-refractivity contribution in [3.63, 3.8) is 0 Å². The zero-order chi connectivity index (χ0) is 13.4. The summed E-state index contributed by atoms with van der Waals surface area (Å²) < 4.78 is 0. The predicted octanol–water partition coefficient (Wildman–Crippen LogP) is 4.59. The van der Waals surface area contributed by atoms with Crippen LogP contribution in [0.1, 0.15) is 38.3 Å². The van der Waals surface area contributed by atoms with E-state index in [0.29, 0.717) is 12.1 Å². The molecule has 5 unspecified atom stereocenters. The van der Waals surface area contributed by atoms with E-state index >= 15 is 0 Å². The summed E-state index contributed by atoms with van der Waals surface area (Å²) in [7, 11) is 0. The smallest absolute Gasteiger partial charge is 0.0453 e. The van der Waals surface area contributed by atoms with Crippen LogP contribution in [-0.4, -0.2) is 6.04 Å². The standard InChI is InChI=1S/C17H22ClN/c1-11(15-5-3-4-6-17(15)18)19-12(2)16-10-13-7-8-14(16)9-13/h3-8,11-14,16,19H,9-10H2,1-2H3. The van der Waals surface area contributed by atoms with E-state index in [1.807, 2.05) is 12.1 Å². The molecule has 2 aliphatic carbocycles. The van der Waals surface area contributed by atoms with E-state index in [1.165, 1.54) is 18.4 Å². The van der Waals surface area contributed by atoms with Crippen molar-refractivity contribution in [1.29, 1.82) is 0 Å². The number of fused-ring (bicyclic) bond motifs is 2. The van der Waals surface area contributed by atoms with Crippen LogP contribution in [0.2, 0.25) is 5.02 Å². The van der Waals surface area contributed by atoms with Gasteiger partial charge in [0.1, 0.15) is 0 Å². The molecule has 1 N–H and O–H groups in total. The Kier molecular flexibility index (Phi) is 3.68. The summed E-state index contributed by atoms with van der Waals surface area (Å²) in [6.45, 7) is 4.54. The third kappa shape index (κ3) is 2.59. The molecular formula is C17H22ClN. The number of halogens is 1. The SMILES string of the molecule is CC(NC(C)C1CC2C=CC1C2)c1ccccc1Cl. The Bertz CT molecular complexity index is 482. The van der Waals surface area contributed by atoms with Crippen LogP contribution < -0.4 is 5.32 Å². The fourth-order valence-electron chi connectivity index (χ4n) is 3.83. The van der Waals surface area contributed by atoms with Crippen LogP contribution in [0.5, 0.6) is 0 Å². The van der Waals surface area contributed by atoms with Gasteiger partial charge in [-0.25, -0.2) is 0 Å². The number of allylic oxidation sites excluding steroid dienone is 2. The molecule has 0 aliphatic heterocycles. The Morgan fingerprint density at radius 3 is 2.58 bits per heavy atom. The summed E-state index contributed by atoms with van der Waals surface area (Å²) in [6.07, 6.45) is 7.56. The van der Waals surface area contributed by atoms with Gasteiger partial charge in [-0.3, -0.25) is 0 Å². The molecule has 0 aromatic heterocycles.